The van der Waals surface area contributed by atoms with Gasteiger partial charge in [0.15, 0.2) is 5.78 Å². The van der Waals surface area contributed by atoms with Crippen molar-refractivity contribution in [3.8, 4) is 0 Å². The minimum Gasteiger partial charge on any atom is -0.371 e. The number of anilines is 1. The van der Waals surface area contributed by atoms with Crippen LogP contribution in [0.4, 0.5) is 10.5 Å². The predicted molar refractivity (Wildman–Crippen MR) is 139 cm³/mol. The van der Waals surface area contributed by atoms with Gasteiger partial charge in [-0.25, -0.2) is 4.79 Å². The second-order valence-corrected chi connectivity index (χ2v) is 12.1. The highest BCUT2D eigenvalue weighted by atomic mass is 16.2. The number of hydrogen-bond acceptors (Lipinski definition) is 3. The van der Waals surface area contributed by atoms with Crippen LogP contribution in [0.5, 0.6) is 0 Å². The van der Waals surface area contributed by atoms with E-state index in [1.54, 1.807) is 6.92 Å². The Morgan fingerprint density at radius 2 is 1.49 bits per heavy atom. The zero-order valence-electron chi connectivity index (χ0n) is 21.0. The summed E-state index contributed by atoms with van der Waals surface area (Å²) >= 11 is 0. The summed E-state index contributed by atoms with van der Waals surface area (Å²) in [5, 5.41) is 6.86. The fourth-order valence-electron chi connectivity index (χ4n) is 8.04. The summed E-state index contributed by atoms with van der Waals surface area (Å²) in [6, 6.07) is 17.1. The van der Waals surface area contributed by atoms with Gasteiger partial charge in [-0.05, 0) is 105 Å². The number of nitrogens with one attached hydrogen (secondary N) is 2. The second-order valence-electron chi connectivity index (χ2n) is 12.1. The highest BCUT2D eigenvalue weighted by Crippen LogP contribution is 2.62. The third kappa shape index (κ3) is 4.23. The number of carbonyl (C=O) groups excluding carboxylic acids is 2. The zero-order valence-corrected chi connectivity index (χ0v) is 21.0. The van der Waals surface area contributed by atoms with E-state index in [9.17, 15) is 9.59 Å². The summed E-state index contributed by atoms with van der Waals surface area (Å²) < 4.78 is 0. The molecule has 5 nitrogen and oxygen atoms in total. The average Bonchev–Trinajstić information content (AvgIpc) is 2.97. The molecule has 1 heterocycles. The van der Waals surface area contributed by atoms with Crippen molar-refractivity contribution in [2.24, 2.45) is 5.41 Å². The topological polar surface area (TPSA) is 61.4 Å². The van der Waals surface area contributed by atoms with E-state index in [0.717, 1.165) is 56.4 Å². The van der Waals surface area contributed by atoms with Crippen molar-refractivity contribution in [3.63, 3.8) is 0 Å². The molecular formula is C30H37N3O2. The van der Waals surface area contributed by atoms with Crippen molar-refractivity contribution in [1.29, 1.82) is 0 Å². The number of amides is 2. The van der Waals surface area contributed by atoms with Crippen LogP contribution in [0.3, 0.4) is 0 Å². The molecule has 184 valence electrons. The quantitative estimate of drug-likeness (QED) is 0.557. The lowest BCUT2D eigenvalue weighted by molar-refractivity contribution is 0.0371. The summed E-state index contributed by atoms with van der Waals surface area (Å²) in [7, 11) is 0. The summed E-state index contributed by atoms with van der Waals surface area (Å²) in [6.45, 7) is 5.87. The molecule has 2 atom stereocenters. The molecule has 0 spiro atoms. The van der Waals surface area contributed by atoms with E-state index in [0.29, 0.717) is 17.3 Å². The van der Waals surface area contributed by atoms with Crippen LogP contribution in [0.15, 0.2) is 48.5 Å². The van der Waals surface area contributed by atoms with Crippen LogP contribution in [-0.4, -0.2) is 36.5 Å². The molecule has 0 aromatic heterocycles. The third-order valence-electron chi connectivity index (χ3n) is 9.24. The van der Waals surface area contributed by atoms with Gasteiger partial charge in [0, 0.05) is 35.9 Å². The lowest BCUT2D eigenvalue weighted by Crippen LogP contribution is -2.60. The minimum atomic E-state index is -0.0944. The molecule has 1 saturated heterocycles. The molecule has 2 unspecified atom stereocenters. The number of ketones is 1. The van der Waals surface area contributed by atoms with Gasteiger partial charge in [-0.15, -0.1) is 0 Å². The smallest absolute Gasteiger partial charge is 0.315 e. The third-order valence-corrected chi connectivity index (χ3v) is 9.24. The normalized spacial score (nSPS) is 31.5. The van der Waals surface area contributed by atoms with E-state index < -0.39 is 0 Å². The first-order valence-electron chi connectivity index (χ1n) is 13.3. The number of carbonyl (C=O) groups is 2. The SMILES string of the molecule is CC(=O)c1ccc(N2CCC(NC(=O)NC34CC5CC(C)(CC(C3)c3ccccc35)C4)CC2)cc1. The molecule has 2 saturated carbocycles. The number of hydrogen-bond donors (Lipinski definition) is 2. The van der Waals surface area contributed by atoms with Gasteiger partial charge in [0.05, 0.1) is 0 Å². The number of nitrogens with zero attached hydrogens (tertiary/aromatic N) is 1. The summed E-state index contributed by atoms with van der Waals surface area (Å²) in [6.07, 6.45) is 7.60. The van der Waals surface area contributed by atoms with Crippen molar-refractivity contribution in [3.05, 3.63) is 65.2 Å². The Balaban J connectivity index is 1.09. The molecule has 2 aromatic carbocycles. The Hall–Kier alpha value is -2.82. The summed E-state index contributed by atoms with van der Waals surface area (Å²) in [4.78, 5) is 27.2. The lowest BCUT2D eigenvalue weighted by Gasteiger charge is -2.54. The Morgan fingerprint density at radius 3 is 2.06 bits per heavy atom. The van der Waals surface area contributed by atoms with Crippen molar-refractivity contribution in [2.45, 2.75) is 82.2 Å². The predicted octanol–water partition coefficient (Wildman–Crippen LogP) is 5.76. The molecule has 4 aliphatic carbocycles. The highest BCUT2D eigenvalue weighted by Gasteiger charge is 2.55. The van der Waals surface area contributed by atoms with E-state index >= 15 is 0 Å². The molecule has 1 aliphatic heterocycles. The average molecular weight is 472 g/mol. The van der Waals surface area contributed by atoms with Gasteiger partial charge in [0.2, 0.25) is 0 Å². The molecule has 4 bridgehead atoms. The van der Waals surface area contributed by atoms with Gasteiger partial charge in [0.25, 0.3) is 0 Å². The van der Waals surface area contributed by atoms with Crippen LogP contribution in [0.25, 0.3) is 0 Å². The number of rotatable bonds is 4. The molecule has 35 heavy (non-hydrogen) atoms. The standard InChI is InChI=1S/C30H37N3O2/c1-20(34)21-7-9-25(10-8-21)33-13-11-24(12-14-33)31-28(35)32-30-17-22-15-29(2,19-30)16-23(18-30)27-6-4-3-5-26(22)27/h3-10,22-24H,11-19H2,1-2H3,(H2,31,32,35). The minimum absolute atomic E-state index is 0.0175. The first-order valence-corrected chi connectivity index (χ1v) is 13.3. The number of urea groups is 1. The molecule has 2 aromatic rings. The maximum absolute atomic E-state index is 13.3. The van der Waals surface area contributed by atoms with Crippen LogP contribution >= 0.6 is 0 Å². The Bertz CT molecular complexity index is 1100. The molecule has 5 aliphatic rings. The lowest BCUT2D eigenvalue weighted by atomic mass is 9.55. The Morgan fingerprint density at radius 1 is 0.886 bits per heavy atom. The summed E-state index contributed by atoms with van der Waals surface area (Å²) in [5.41, 5.74) is 5.18. The van der Waals surface area contributed by atoms with Gasteiger partial charge in [-0.2, -0.15) is 0 Å². The van der Waals surface area contributed by atoms with Gasteiger partial charge >= 0.3 is 6.03 Å². The van der Waals surface area contributed by atoms with E-state index in [-0.39, 0.29) is 23.4 Å². The molecule has 2 amide bonds. The zero-order chi connectivity index (χ0) is 24.2. The van der Waals surface area contributed by atoms with E-state index in [4.69, 9.17) is 0 Å². The monoisotopic (exact) mass is 471 g/mol. The van der Waals surface area contributed by atoms with Crippen LogP contribution < -0.4 is 15.5 Å². The first-order chi connectivity index (χ1) is 16.8. The maximum Gasteiger partial charge on any atom is 0.315 e. The molecule has 3 fully saturated rings. The molecule has 7 rings (SSSR count). The molecule has 2 N–H and O–H groups in total. The largest absolute Gasteiger partial charge is 0.371 e. The number of piperidine rings is 1. The van der Waals surface area contributed by atoms with Crippen LogP contribution in [0.1, 0.15) is 92.1 Å². The molecule has 5 heteroatoms. The van der Waals surface area contributed by atoms with Gasteiger partial charge in [0.1, 0.15) is 0 Å². The van der Waals surface area contributed by atoms with Gasteiger partial charge in [-0.3, -0.25) is 4.79 Å². The molecular weight excluding hydrogens is 434 g/mol. The van der Waals surface area contributed by atoms with Crippen molar-refractivity contribution < 1.29 is 9.59 Å². The Kier molecular flexibility index (Phi) is 5.43. The fraction of sp³-hybridized carbons (Fsp3) is 0.533. The van der Waals surface area contributed by atoms with E-state index in [1.165, 1.54) is 24.0 Å². The second kappa shape index (κ2) is 8.39. The van der Waals surface area contributed by atoms with E-state index in [2.05, 4.69) is 46.7 Å². The number of benzene rings is 2. The van der Waals surface area contributed by atoms with Crippen molar-refractivity contribution in [1.82, 2.24) is 10.6 Å². The number of Topliss-reactive ketones (excluding diaryl/α,β-unsaturated/α-hetero) is 1. The van der Waals surface area contributed by atoms with Crippen LogP contribution in [-0.2, 0) is 0 Å². The summed E-state index contributed by atoms with van der Waals surface area (Å²) in [5.74, 6) is 1.20. The molecule has 0 radical (unpaired) electrons. The van der Waals surface area contributed by atoms with Crippen molar-refractivity contribution in [2.75, 3.05) is 18.0 Å². The highest BCUT2D eigenvalue weighted by molar-refractivity contribution is 5.94. The van der Waals surface area contributed by atoms with E-state index in [1.807, 2.05) is 24.3 Å². The first kappa shape index (κ1) is 22.6. The van der Waals surface area contributed by atoms with Crippen LogP contribution in [0, 0.1) is 5.41 Å². The van der Waals surface area contributed by atoms with Gasteiger partial charge in [-0.1, -0.05) is 31.2 Å². The van der Waals surface area contributed by atoms with Gasteiger partial charge < -0.3 is 15.5 Å². The Labute approximate surface area is 208 Å². The maximum atomic E-state index is 13.3. The fourth-order valence-corrected chi connectivity index (χ4v) is 8.04. The van der Waals surface area contributed by atoms with Crippen LogP contribution in [0.2, 0.25) is 0 Å². The van der Waals surface area contributed by atoms with Crippen molar-refractivity contribution >= 4 is 17.5 Å².